The molecule has 1 aliphatic rings. The lowest BCUT2D eigenvalue weighted by Gasteiger charge is -2.25. The minimum atomic E-state index is -0.953. The summed E-state index contributed by atoms with van der Waals surface area (Å²) in [5.41, 5.74) is -0.953. The Hall–Kier alpha value is -0.360. The standard InChI is InChI=1S/C7H8INO2/c1-11-7(5-10)4-6(8)2-3-9-7/h2-5,9H,1H3. The van der Waals surface area contributed by atoms with Gasteiger partial charge in [-0.05, 0) is 34.7 Å². The molecule has 0 aliphatic carbocycles. The SMILES string of the molecule is COC1(C=O)C=C(I)C=CN1. The molecule has 0 aromatic carbocycles. The zero-order valence-corrected chi connectivity index (χ0v) is 8.16. The third kappa shape index (κ3) is 1.81. The molecular formula is C7H8INO2. The van der Waals surface area contributed by atoms with Crippen LogP contribution in [0.2, 0.25) is 0 Å². The van der Waals surface area contributed by atoms with Crippen molar-refractivity contribution in [3.8, 4) is 0 Å². The molecule has 0 saturated carbocycles. The van der Waals surface area contributed by atoms with Crippen LogP contribution in [-0.2, 0) is 9.53 Å². The van der Waals surface area contributed by atoms with Gasteiger partial charge in [0.05, 0.1) is 0 Å². The average molecular weight is 265 g/mol. The molecule has 0 aromatic rings. The van der Waals surface area contributed by atoms with Gasteiger partial charge in [0.1, 0.15) is 0 Å². The Morgan fingerprint density at radius 2 is 2.55 bits per heavy atom. The van der Waals surface area contributed by atoms with Crippen molar-refractivity contribution in [2.24, 2.45) is 0 Å². The Morgan fingerprint density at radius 1 is 1.82 bits per heavy atom. The molecule has 3 nitrogen and oxygen atoms in total. The third-order valence-electron chi connectivity index (χ3n) is 1.42. The van der Waals surface area contributed by atoms with Crippen LogP contribution in [0.1, 0.15) is 0 Å². The Bertz CT molecular complexity index is 224. The third-order valence-corrected chi connectivity index (χ3v) is 2.09. The second-order valence-electron chi connectivity index (χ2n) is 2.12. The van der Waals surface area contributed by atoms with Gasteiger partial charge in [-0.15, -0.1) is 0 Å². The van der Waals surface area contributed by atoms with Crippen LogP contribution in [0.5, 0.6) is 0 Å². The number of hydrogen-bond acceptors (Lipinski definition) is 3. The number of dihydropyridines is 1. The van der Waals surface area contributed by atoms with Gasteiger partial charge in [0.2, 0.25) is 5.72 Å². The molecule has 0 amide bonds. The first-order chi connectivity index (χ1) is 5.22. The number of carbonyl (C=O) groups is 1. The van der Waals surface area contributed by atoms with Gasteiger partial charge in [0, 0.05) is 16.9 Å². The molecule has 1 N–H and O–H groups in total. The number of ether oxygens (including phenoxy) is 1. The van der Waals surface area contributed by atoms with Gasteiger partial charge in [0.15, 0.2) is 6.29 Å². The fourth-order valence-electron chi connectivity index (χ4n) is 0.780. The predicted molar refractivity (Wildman–Crippen MR) is 50.2 cm³/mol. The number of nitrogens with one attached hydrogen (secondary N) is 1. The number of aldehydes is 1. The maximum absolute atomic E-state index is 10.6. The van der Waals surface area contributed by atoms with E-state index in [1.54, 1.807) is 12.3 Å². The minimum absolute atomic E-state index is 0.731. The first kappa shape index (κ1) is 8.73. The molecule has 1 rings (SSSR count). The highest BCUT2D eigenvalue weighted by molar-refractivity contribution is 14.1. The van der Waals surface area contributed by atoms with Crippen LogP contribution in [0.15, 0.2) is 21.9 Å². The van der Waals surface area contributed by atoms with Crippen LogP contribution < -0.4 is 5.32 Å². The zero-order chi connectivity index (χ0) is 8.32. The van der Waals surface area contributed by atoms with E-state index in [1.807, 2.05) is 6.08 Å². The summed E-state index contributed by atoms with van der Waals surface area (Å²) in [6.07, 6.45) is 6.01. The molecule has 1 atom stereocenters. The number of hydrogen-bond donors (Lipinski definition) is 1. The van der Waals surface area contributed by atoms with E-state index in [1.165, 1.54) is 7.11 Å². The fraction of sp³-hybridized carbons (Fsp3) is 0.286. The number of halogens is 1. The highest BCUT2D eigenvalue weighted by atomic mass is 127. The van der Waals surface area contributed by atoms with Crippen molar-refractivity contribution in [2.75, 3.05) is 7.11 Å². The number of methoxy groups -OCH3 is 1. The zero-order valence-electron chi connectivity index (χ0n) is 6.00. The Kier molecular flexibility index (Phi) is 2.67. The first-order valence-electron chi connectivity index (χ1n) is 3.06. The van der Waals surface area contributed by atoms with Crippen molar-refractivity contribution in [3.63, 3.8) is 0 Å². The topological polar surface area (TPSA) is 38.3 Å². The molecule has 0 radical (unpaired) electrons. The Morgan fingerprint density at radius 3 is 2.91 bits per heavy atom. The average Bonchev–Trinajstić information content (AvgIpc) is 2.04. The lowest BCUT2D eigenvalue weighted by atomic mass is 10.2. The molecule has 0 saturated heterocycles. The summed E-state index contributed by atoms with van der Waals surface area (Å²) in [5, 5.41) is 2.81. The van der Waals surface area contributed by atoms with Crippen LogP contribution in [0.3, 0.4) is 0 Å². The van der Waals surface area contributed by atoms with E-state index in [2.05, 4.69) is 27.9 Å². The van der Waals surface area contributed by atoms with Gasteiger partial charge in [-0.3, -0.25) is 4.79 Å². The van der Waals surface area contributed by atoms with Crippen molar-refractivity contribution in [1.82, 2.24) is 5.32 Å². The second-order valence-corrected chi connectivity index (χ2v) is 3.37. The monoisotopic (exact) mass is 265 g/mol. The van der Waals surface area contributed by atoms with Gasteiger partial charge in [0.25, 0.3) is 0 Å². The highest BCUT2D eigenvalue weighted by Gasteiger charge is 2.26. The van der Waals surface area contributed by atoms with Gasteiger partial charge < -0.3 is 10.1 Å². The first-order valence-corrected chi connectivity index (χ1v) is 4.14. The summed E-state index contributed by atoms with van der Waals surface area (Å²) in [7, 11) is 1.49. The molecule has 0 fully saturated rings. The van der Waals surface area contributed by atoms with Crippen LogP contribution in [0.25, 0.3) is 0 Å². The van der Waals surface area contributed by atoms with Crippen LogP contribution in [0, 0.1) is 0 Å². The van der Waals surface area contributed by atoms with E-state index >= 15 is 0 Å². The predicted octanol–water partition coefficient (Wildman–Crippen LogP) is 0.964. The molecule has 1 heterocycles. The molecule has 11 heavy (non-hydrogen) atoms. The summed E-state index contributed by atoms with van der Waals surface area (Å²) >= 11 is 2.12. The van der Waals surface area contributed by atoms with Crippen molar-refractivity contribution in [1.29, 1.82) is 0 Å². The van der Waals surface area contributed by atoms with Crippen molar-refractivity contribution in [2.45, 2.75) is 5.72 Å². The Labute approximate surface area is 78.6 Å². The normalized spacial score (nSPS) is 29.1. The summed E-state index contributed by atoms with van der Waals surface area (Å²) in [5.74, 6) is 0. The lowest BCUT2D eigenvalue weighted by molar-refractivity contribution is -0.124. The van der Waals surface area contributed by atoms with Crippen molar-refractivity contribution in [3.05, 3.63) is 21.9 Å². The van der Waals surface area contributed by atoms with Crippen molar-refractivity contribution >= 4 is 28.9 Å². The minimum Gasteiger partial charge on any atom is -0.354 e. The van der Waals surface area contributed by atoms with Gasteiger partial charge >= 0.3 is 0 Å². The Balaban J connectivity index is 2.88. The van der Waals surface area contributed by atoms with Gasteiger partial charge in [-0.1, -0.05) is 0 Å². The van der Waals surface area contributed by atoms with Crippen molar-refractivity contribution < 1.29 is 9.53 Å². The number of allylic oxidation sites excluding steroid dienone is 2. The summed E-state index contributed by atoms with van der Waals surface area (Å²) < 4.78 is 5.97. The second kappa shape index (κ2) is 3.36. The van der Waals surface area contributed by atoms with Crippen LogP contribution in [-0.4, -0.2) is 19.1 Å². The molecule has 0 bridgehead atoms. The van der Waals surface area contributed by atoms with E-state index in [0.717, 1.165) is 9.87 Å². The summed E-state index contributed by atoms with van der Waals surface area (Å²) in [6.45, 7) is 0. The smallest absolute Gasteiger partial charge is 0.215 e. The van der Waals surface area contributed by atoms with E-state index in [9.17, 15) is 4.79 Å². The molecule has 0 aromatic heterocycles. The molecule has 60 valence electrons. The number of rotatable bonds is 2. The van der Waals surface area contributed by atoms with E-state index in [-0.39, 0.29) is 0 Å². The lowest BCUT2D eigenvalue weighted by Crippen LogP contribution is -2.45. The maximum Gasteiger partial charge on any atom is 0.215 e. The highest BCUT2D eigenvalue weighted by Crippen LogP contribution is 2.18. The van der Waals surface area contributed by atoms with Crippen LogP contribution >= 0.6 is 22.6 Å². The summed E-state index contributed by atoms with van der Waals surface area (Å²) in [6, 6.07) is 0. The quantitative estimate of drug-likeness (QED) is 0.597. The number of carbonyl (C=O) groups excluding carboxylic acids is 1. The molecule has 4 heteroatoms. The molecular weight excluding hydrogens is 257 g/mol. The molecule has 0 spiro atoms. The van der Waals surface area contributed by atoms with E-state index in [0.29, 0.717) is 0 Å². The molecule has 1 unspecified atom stereocenters. The molecule has 1 aliphatic heterocycles. The van der Waals surface area contributed by atoms with E-state index < -0.39 is 5.72 Å². The van der Waals surface area contributed by atoms with Gasteiger partial charge in [-0.2, -0.15) is 0 Å². The maximum atomic E-state index is 10.6. The van der Waals surface area contributed by atoms with Crippen LogP contribution in [0.4, 0.5) is 0 Å². The fourth-order valence-corrected chi connectivity index (χ4v) is 1.42. The van der Waals surface area contributed by atoms with E-state index in [4.69, 9.17) is 4.74 Å². The summed E-state index contributed by atoms with van der Waals surface area (Å²) in [4.78, 5) is 10.6. The largest absolute Gasteiger partial charge is 0.354 e. The van der Waals surface area contributed by atoms with Gasteiger partial charge in [-0.25, -0.2) is 0 Å².